The number of hydrogen-bond donors (Lipinski definition) is 0. The maximum Gasteiger partial charge on any atom is -0.00105 e. The van der Waals surface area contributed by atoms with E-state index in [1.165, 1.54) is 47.1 Å². The Morgan fingerprint density at radius 3 is 2.75 bits per heavy atom. The number of unbranched alkanes of at least 4 members (excludes halogenated alkanes) is 1. The van der Waals surface area contributed by atoms with Crippen LogP contribution in [0.25, 0.3) is 11.1 Å². The quantitative estimate of drug-likeness (QED) is 0.545. The van der Waals surface area contributed by atoms with E-state index in [1.54, 1.807) is 5.56 Å². The Bertz CT molecular complexity index is 634. The Hall–Kier alpha value is -1.82. The first-order valence-corrected chi connectivity index (χ1v) is 7.68. The largest absolute Gasteiger partial charge is 0.103 e. The first kappa shape index (κ1) is 13.2. The summed E-state index contributed by atoms with van der Waals surface area (Å²) in [5, 5.41) is 0. The van der Waals surface area contributed by atoms with Crippen LogP contribution in [0.15, 0.2) is 49.1 Å². The summed E-state index contributed by atoms with van der Waals surface area (Å²) >= 11 is 0. The van der Waals surface area contributed by atoms with E-state index in [1.807, 2.05) is 6.08 Å². The molecule has 2 aromatic carbocycles. The molecule has 1 aliphatic carbocycles. The monoisotopic (exact) mass is 262 g/mol. The zero-order valence-electron chi connectivity index (χ0n) is 12.3. The molecule has 0 atom stereocenters. The van der Waals surface area contributed by atoms with Crippen LogP contribution in [0.1, 0.15) is 42.0 Å². The first-order valence-electron chi connectivity index (χ1n) is 7.68. The van der Waals surface area contributed by atoms with Gasteiger partial charge in [-0.15, -0.1) is 6.58 Å². The van der Waals surface area contributed by atoms with Gasteiger partial charge < -0.3 is 0 Å². The lowest BCUT2D eigenvalue weighted by molar-refractivity contribution is 0.788. The van der Waals surface area contributed by atoms with Gasteiger partial charge in [0.25, 0.3) is 0 Å². The van der Waals surface area contributed by atoms with Crippen molar-refractivity contribution in [2.24, 2.45) is 0 Å². The van der Waals surface area contributed by atoms with Crippen molar-refractivity contribution in [3.8, 4) is 11.1 Å². The topological polar surface area (TPSA) is 0 Å². The van der Waals surface area contributed by atoms with Gasteiger partial charge in [-0.3, -0.25) is 0 Å². The first-order chi connectivity index (χ1) is 9.85. The van der Waals surface area contributed by atoms with Crippen LogP contribution in [0.2, 0.25) is 0 Å². The van der Waals surface area contributed by atoms with Gasteiger partial charge in [-0.2, -0.15) is 0 Å². The zero-order valence-corrected chi connectivity index (χ0v) is 12.3. The fraction of sp³-hybridized carbons (Fsp3) is 0.300. The number of fused-ring (bicyclic) bond motifs is 3. The van der Waals surface area contributed by atoms with E-state index in [4.69, 9.17) is 0 Å². The van der Waals surface area contributed by atoms with E-state index in [2.05, 4.69) is 49.9 Å². The molecule has 0 aliphatic heterocycles. The predicted octanol–water partition coefficient (Wildman–Crippen LogP) is 5.33. The van der Waals surface area contributed by atoms with Gasteiger partial charge in [-0.25, -0.2) is 0 Å². The molecule has 0 spiro atoms. The normalized spacial score (nSPS) is 12.1. The average Bonchev–Trinajstić information content (AvgIpc) is 2.85. The molecule has 102 valence electrons. The van der Waals surface area contributed by atoms with Crippen molar-refractivity contribution < 1.29 is 0 Å². The fourth-order valence-corrected chi connectivity index (χ4v) is 3.32. The maximum atomic E-state index is 3.95. The maximum absolute atomic E-state index is 3.95. The summed E-state index contributed by atoms with van der Waals surface area (Å²) in [4.78, 5) is 0. The molecule has 0 bridgehead atoms. The Kier molecular flexibility index (Phi) is 3.73. The van der Waals surface area contributed by atoms with Crippen LogP contribution in [-0.2, 0) is 19.3 Å². The molecule has 0 nitrogen and oxygen atoms in total. The molecule has 0 heteroatoms. The van der Waals surface area contributed by atoms with E-state index >= 15 is 0 Å². The van der Waals surface area contributed by atoms with Gasteiger partial charge in [-0.1, -0.05) is 55.8 Å². The average molecular weight is 262 g/mol. The standard InChI is InChI=1S/C20H22/c1-3-5-9-15-12-13-19-18-11-7-6-10-16(18)14-20(19)17(15)8-4-2/h4,6-7,10-13H,2-3,5,8-9,14H2,1H3. The summed E-state index contributed by atoms with van der Waals surface area (Å²) < 4.78 is 0. The van der Waals surface area contributed by atoms with E-state index < -0.39 is 0 Å². The van der Waals surface area contributed by atoms with Crippen LogP contribution < -0.4 is 0 Å². The summed E-state index contributed by atoms with van der Waals surface area (Å²) in [6.45, 7) is 6.21. The minimum absolute atomic E-state index is 0.996. The molecule has 0 saturated carbocycles. The molecule has 0 aromatic heterocycles. The van der Waals surface area contributed by atoms with Crippen LogP contribution in [0.3, 0.4) is 0 Å². The number of benzene rings is 2. The van der Waals surface area contributed by atoms with Gasteiger partial charge >= 0.3 is 0 Å². The lowest BCUT2D eigenvalue weighted by atomic mass is 9.91. The van der Waals surface area contributed by atoms with Gasteiger partial charge in [0.15, 0.2) is 0 Å². The molecule has 0 fully saturated rings. The Labute approximate surface area is 122 Å². The molecule has 3 rings (SSSR count). The van der Waals surface area contributed by atoms with Crippen LogP contribution in [-0.4, -0.2) is 0 Å². The Morgan fingerprint density at radius 1 is 1.10 bits per heavy atom. The molecule has 0 unspecified atom stereocenters. The number of aryl methyl sites for hydroxylation is 1. The van der Waals surface area contributed by atoms with E-state index in [0.29, 0.717) is 0 Å². The third-order valence-electron chi connectivity index (χ3n) is 4.35. The van der Waals surface area contributed by atoms with Gasteiger partial charge in [0.05, 0.1) is 0 Å². The Morgan fingerprint density at radius 2 is 1.95 bits per heavy atom. The molecular weight excluding hydrogens is 240 g/mol. The second kappa shape index (κ2) is 5.66. The molecular formula is C20H22. The molecule has 0 amide bonds. The van der Waals surface area contributed by atoms with Crippen molar-refractivity contribution in [2.45, 2.75) is 39.0 Å². The number of allylic oxidation sites excluding steroid dienone is 1. The highest BCUT2D eigenvalue weighted by atomic mass is 14.3. The molecule has 2 aromatic rings. The highest BCUT2D eigenvalue weighted by molar-refractivity contribution is 5.78. The SMILES string of the molecule is C=CCc1c(CCCC)ccc2c1Cc1ccccc1-2. The third kappa shape index (κ3) is 2.20. The number of hydrogen-bond acceptors (Lipinski definition) is 0. The lowest BCUT2D eigenvalue weighted by Crippen LogP contribution is -1.99. The predicted molar refractivity (Wildman–Crippen MR) is 87.2 cm³/mol. The van der Waals surface area contributed by atoms with Gasteiger partial charge in [0, 0.05) is 0 Å². The minimum atomic E-state index is 0.996. The molecule has 0 heterocycles. The van der Waals surface area contributed by atoms with Crippen LogP contribution >= 0.6 is 0 Å². The zero-order chi connectivity index (χ0) is 13.9. The molecule has 20 heavy (non-hydrogen) atoms. The van der Waals surface area contributed by atoms with Crippen LogP contribution in [0, 0.1) is 0 Å². The van der Waals surface area contributed by atoms with Crippen molar-refractivity contribution in [1.82, 2.24) is 0 Å². The van der Waals surface area contributed by atoms with E-state index in [0.717, 1.165) is 12.8 Å². The second-order valence-electron chi connectivity index (χ2n) is 5.66. The smallest absolute Gasteiger partial charge is 0.00105 e. The van der Waals surface area contributed by atoms with E-state index in [9.17, 15) is 0 Å². The van der Waals surface area contributed by atoms with Crippen molar-refractivity contribution in [3.05, 3.63) is 71.3 Å². The summed E-state index contributed by atoms with van der Waals surface area (Å²) in [6, 6.07) is 13.5. The summed E-state index contributed by atoms with van der Waals surface area (Å²) in [5.74, 6) is 0. The Balaban J connectivity index is 2.08. The van der Waals surface area contributed by atoms with Gasteiger partial charge in [0.1, 0.15) is 0 Å². The van der Waals surface area contributed by atoms with Crippen LogP contribution in [0.5, 0.6) is 0 Å². The summed E-state index contributed by atoms with van der Waals surface area (Å²) in [5.41, 5.74) is 8.94. The summed E-state index contributed by atoms with van der Waals surface area (Å²) in [6.07, 6.45) is 7.86. The van der Waals surface area contributed by atoms with E-state index in [-0.39, 0.29) is 0 Å². The van der Waals surface area contributed by atoms with Gasteiger partial charge in [-0.05, 0) is 59.1 Å². The van der Waals surface area contributed by atoms with Crippen molar-refractivity contribution in [3.63, 3.8) is 0 Å². The van der Waals surface area contributed by atoms with Crippen molar-refractivity contribution >= 4 is 0 Å². The third-order valence-corrected chi connectivity index (χ3v) is 4.35. The minimum Gasteiger partial charge on any atom is -0.103 e. The molecule has 1 aliphatic rings. The van der Waals surface area contributed by atoms with Crippen molar-refractivity contribution in [1.29, 1.82) is 0 Å². The second-order valence-corrected chi connectivity index (χ2v) is 5.66. The molecule has 0 radical (unpaired) electrons. The number of rotatable bonds is 5. The fourth-order valence-electron chi connectivity index (χ4n) is 3.32. The highest BCUT2D eigenvalue weighted by Crippen LogP contribution is 2.39. The molecule has 0 saturated heterocycles. The highest BCUT2D eigenvalue weighted by Gasteiger charge is 2.21. The van der Waals surface area contributed by atoms with Crippen LogP contribution in [0.4, 0.5) is 0 Å². The summed E-state index contributed by atoms with van der Waals surface area (Å²) in [7, 11) is 0. The molecule has 0 N–H and O–H groups in total. The van der Waals surface area contributed by atoms with Gasteiger partial charge in [0.2, 0.25) is 0 Å². The van der Waals surface area contributed by atoms with Crippen molar-refractivity contribution in [2.75, 3.05) is 0 Å². The lowest BCUT2D eigenvalue weighted by Gasteiger charge is -2.13.